The van der Waals surface area contributed by atoms with Crippen LogP contribution in [0.2, 0.25) is 0 Å². The van der Waals surface area contributed by atoms with E-state index in [-0.39, 0.29) is 0 Å². The summed E-state index contributed by atoms with van der Waals surface area (Å²) in [4.78, 5) is 22.5. The Morgan fingerprint density at radius 2 is 1.07 bits per heavy atom. The number of hydrogen-bond donors (Lipinski definition) is 0. The van der Waals surface area contributed by atoms with Gasteiger partial charge in [0, 0.05) is 12.8 Å². The highest BCUT2D eigenvalue weighted by Crippen LogP contribution is 2.27. The standard InChI is InChI=1S/C13H22O.C12H20O/c1-3-4-5-6-7-12-8-11(2)9-13(14)10-12;1-3-4-5-6-11-7-10(2)8-12(13)9-11/h9,12H,3-8,10H2,1-2H3;8,11H,3-7,9H2,1-2H3. The molecule has 2 heteroatoms. The van der Waals surface area contributed by atoms with E-state index in [2.05, 4.69) is 27.7 Å². The third kappa shape index (κ3) is 11.3. The summed E-state index contributed by atoms with van der Waals surface area (Å²) in [6, 6.07) is 0. The maximum absolute atomic E-state index is 11.3. The van der Waals surface area contributed by atoms with E-state index >= 15 is 0 Å². The van der Waals surface area contributed by atoms with Gasteiger partial charge in [0.15, 0.2) is 11.6 Å². The van der Waals surface area contributed by atoms with Gasteiger partial charge in [-0.15, -0.1) is 0 Å². The van der Waals surface area contributed by atoms with E-state index in [4.69, 9.17) is 0 Å². The van der Waals surface area contributed by atoms with Crippen molar-refractivity contribution >= 4 is 11.6 Å². The monoisotopic (exact) mass is 374 g/mol. The first-order valence-corrected chi connectivity index (χ1v) is 11.3. The van der Waals surface area contributed by atoms with Crippen molar-refractivity contribution in [1.29, 1.82) is 0 Å². The predicted molar refractivity (Wildman–Crippen MR) is 116 cm³/mol. The summed E-state index contributed by atoms with van der Waals surface area (Å²) in [7, 11) is 0. The number of carbonyl (C=O) groups excluding carboxylic acids is 2. The van der Waals surface area contributed by atoms with Crippen LogP contribution in [0.5, 0.6) is 0 Å². The largest absolute Gasteiger partial charge is 0.295 e. The summed E-state index contributed by atoms with van der Waals surface area (Å²) < 4.78 is 0. The molecule has 2 aliphatic carbocycles. The van der Waals surface area contributed by atoms with Crippen molar-refractivity contribution in [3.8, 4) is 0 Å². The Morgan fingerprint density at radius 3 is 1.48 bits per heavy atom. The Labute approximate surface area is 167 Å². The van der Waals surface area contributed by atoms with Gasteiger partial charge >= 0.3 is 0 Å². The Hall–Kier alpha value is -1.18. The average Bonchev–Trinajstić information content (AvgIpc) is 2.58. The zero-order valence-electron chi connectivity index (χ0n) is 18.3. The van der Waals surface area contributed by atoms with Crippen LogP contribution in [-0.4, -0.2) is 11.6 Å². The molecule has 2 aliphatic rings. The molecule has 154 valence electrons. The average molecular weight is 375 g/mol. The fourth-order valence-corrected chi connectivity index (χ4v) is 4.36. The Balaban J connectivity index is 0.000000271. The van der Waals surface area contributed by atoms with Crippen molar-refractivity contribution in [3.05, 3.63) is 23.3 Å². The zero-order chi connectivity index (χ0) is 20.1. The highest BCUT2D eigenvalue weighted by Gasteiger charge is 2.18. The molecule has 0 aromatic heterocycles. The van der Waals surface area contributed by atoms with E-state index in [0.717, 1.165) is 25.7 Å². The molecule has 2 atom stereocenters. The lowest BCUT2D eigenvalue weighted by molar-refractivity contribution is -0.116. The number of ketones is 2. The minimum absolute atomic E-state index is 0.338. The summed E-state index contributed by atoms with van der Waals surface area (Å²) in [5.41, 5.74) is 2.56. The van der Waals surface area contributed by atoms with E-state index in [0.29, 0.717) is 23.4 Å². The van der Waals surface area contributed by atoms with Crippen LogP contribution in [-0.2, 0) is 9.59 Å². The molecule has 0 saturated heterocycles. The first-order chi connectivity index (χ1) is 12.9. The van der Waals surface area contributed by atoms with Crippen molar-refractivity contribution < 1.29 is 9.59 Å². The molecule has 0 N–H and O–H groups in total. The van der Waals surface area contributed by atoms with Crippen LogP contribution >= 0.6 is 0 Å². The van der Waals surface area contributed by atoms with Gasteiger partial charge in [0.2, 0.25) is 0 Å². The van der Waals surface area contributed by atoms with Gasteiger partial charge in [-0.05, 0) is 63.5 Å². The highest BCUT2D eigenvalue weighted by atomic mass is 16.1. The molecule has 2 nitrogen and oxygen atoms in total. The lowest BCUT2D eigenvalue weighted by Crippen LogP contribution is -2.13. The normalized spacial score (nSPS) is 22.7. The van der Waals surface area contributed by atoms with Gasteiger partial charge in [0.1, 0.15) is 0 Å². The van der Waals surface area contributed by atoms with E-state index in [9.17, 15) is 9.59 Å². The number of hydrogen-bond acceptors (Lipinski definition) is 2. The topological polar surface area (TPSA) is 34.1 Å². The van der Waals surface area contributed by atoms with Crippen LogP contribution in [0.3, 0.4) is 0 Å². The second-order valence-corrected chi connectivity index (χ2v) is 8.81. The van der Waals surface area contributed by atoms with Gasteiger partial charge in [-0.2, -0.15) is 0 Å². The van der Waals surface area contributed by atoms with Crippen LogP contribution in [0.4, 0.5) is 0 Å². The van der Waals surface area contributed by atoms with Crippen LogP contribution in [0.25, 0.3) is 0 Å². The van der Waals surface area contributed by atoms with Crippen LogP contribution in [0.1, 0.15) is 111 Å². The van der Waals surface area contributed by atoms with Gasteiger partial charge in [-0.25, -0.2) is 0 Å². The number of carbonyl (C=O) groups is 2. The van der Waals surface area contributed by atoms with Crippen molar-refractivity contribution in [3.63, 3.8) is 0 Å². The smallest absolute Gasteiger partial charge is 0.155 e. The molecule has 0 aromatic rings. The Kier molecular flexibility index (Phi) is 12.3. The second-order valence-electron chi connectivity index (χ2n) is 8.81. The molecular formula is C25H42O2. The summed E-state index contributed by atoms with van der Waals surface area (Å²) in [6.45, 7) is 8.61. The van der Waals surface area contributed by atoms with Gasteiger partial charge in [-0.3, -0.25) is 9.59 Å². The van der Waals surface area contributed by atoms with Crippen LogP contribution in [0, 0.1) is 11.8 Å². The lowest BCUT2D eigenvalue weighted by Gasteiger charge is -2.19. The molecular weight excluding hydrogens is 332 g/mol. The SMILES string of the molecule is CCCCCC1CC(=O)C=C(C)C1.CCCCCCC1CC(=O)C=C(C)C1. The van der Waals surface area contributed by atoms with Crippen molar-refractivity contribution in [1.82, 2.24) is 0 Å². The molecule has 0 spiro atoms. The fraction of sp³-hybridized carbons (Fsp3) is 0.760. The number of unbranched alkanes of at least 4 members (excludes halogenated alkanes) is 5. The third-order valence-electron chi connectivity index (χ3n) is 5.70. The van der Waals surface area contributed by atoms with Crippen LogP contribution < -0.4 is 0 Å². The lowest BCUT2D eigenvalue weighted by atomic mass is 9.85. The van der Waals surface area contributed by atoms with Gasteiger partial charge in [0.25, 0.3) is 0 Å². The number of rotatable bonds is 9. The van der Waals surface area contributed by atoms with E-state index in [1.54, 1.807) is 0 Å². The molecule has 0 amide bonds. The number of allylic oxidation sites excluding steroid dienone is 4. The molecule has 0 aromatic carbocycles. The summed E-state index contributed by atoms with van der Waals surface area (Å²) in [6.07, 6.45) is 19.2. The van der Waals surface area contributed by atoms with Gasteiger partial charge in [0.05, 0.1) is 0 Å². The second kappa shape index (κ2) is 13.9. The maximum atomic E-state index is 11.3. The summed E-state index contributed by atoms with van der Waals surface area (Å²) >= 11 is 0. The van der Waals surface area contributed by atoms with Crippen molar-refractivity contribution in [2.75, 3.05) is 0 Å². The summed E-state index contributed by atoms with van der Waals surface area (Å²) in [5.74, 6) is 1.97. The first kappa shape index (κ1) is 23.9. The maximum Gasteiger partial charge on any atom is 0.155 e. The molecule has 0 heterocycles. The predicted octanol–water partition coefficient (Wildman–Crippen LogP) is 7.37. The first-order valence-electron chi connectivity index (χ1n) is 11.3. The van der Waals surface area contributed by atoms with E-state index < -0.39 is 0 Å². The zero-order valence-corrected chi connectivity index (χ0v) is 18.3. The van der Waals surface area contributed by atoms with Gasteiger partial charge in [-0.1, -0.05) is 69.9 Å². The van der Waals surface area contributed by atoms with Crippen molar-refractivity contribution in [2.24, 2.45) is 11.8 Å². The third-order valence-corrected chi connectivity index (χ3v) is 5.70. The molecule has 27 heavy (non-hydrogen) atoms. The highest BCUT2D eigenvalue weighted by molar-refractivity contribution is 5.91. The molecule has 0 bridgehead atoms. The van der Waals surface area contributed by atoms with Crippen molar-refractivity contribution in [2.45, 2.75) is 111 Å². The molecule has 2 rings (SSSR count). The summed E-state index contributed by atoms with van der Waals surface area (Å²) in [5, 5.41) is 0. The minimum Gasteiger partial charge on any atom is -0.295 e. The van der Waals surface area contributed by atoms with Crippen LogP contribution in [0.15, 0.2) is 23.3 Å². The molecule has 2 unspecified atom stereocenters. The molecule has 0 fully saturated rings. The molecule has 0 aliphatic heterocycles. The molecule has 0 radical (unpaired) electrons. The molecule has 0 saturated carbocycles. The van der Waals surface area contributed by atoms with E-state index in [1.807, 2.05) is 12.2 Å². The minimum atomic E-state index is 0.338. The quantitative estimate of drug-likeness (QED) is 0.395. The van der Waals surface area contributed by atoms with Gasteiger partial charge < -0.3 is 0 Å². The Morgan fingerprint density at radius 1 is 0.667 bits per heavy atom. The fourth-order valence-electron chi connectivity index (χ4n) is 4.36. The Bertz CT molecular complexity index is 512. The van der Waals surface area contributed by atoms with E-state index in [1.165, 1.54) is 68.9 Å².